The molecule has 1 aromatic carbocycles. The van der Waals surface area contributed by atoms with E-state index in [1.165, 1.54) is 31.4 Å². The highest BCUT2D eigenvalue weighted by atomic mass is 19.1. The van der Waals surface area contributed by atoms with Gasteiger partial charge in [-0.05, 0) is 61.7 Å². The van der Waals surface area contributed by atoms with Gasteiger partial charge >= 0.3 is 0 Å². The Bertz CT molecular complexity index is 1100. The van der Waals surface area contributed by atoms with Crippen molar-refractivity contribution in [1.82, 2.24) is 19.5 Å². The standard InChI is InChI=1S/C22H20FN5/c23-17-5-7-18(8-6-17)28-20-15-24-11-10-19(20)26-22(28)16-4-9-21(25-14-16)27-12-2-1-3-13-27/h4-11,14-15H,1-3,12-13H2. The maximum atomic E-state index is 13.4. The summed E-state index contributed by atoms with van der Waals surface area (Å²) < 4.78 is 15.4. The van der Waals surface area contributed by atoms with Crippen LogP contribution in [-0.2, 0) is 0 Å². The van der Waals surface area contributed by atoms with Crippen LogP contribution in [0.1, 0.15) is 19.3 Å². The van der Waals surface area contributed by atoms with Gasteiger partial charge in [-0.1, -0.05) is 0 Å². The summed E-state index contributed by atoms with van der Waals surface area (Å²) in [6.45, 7) is 2.12. The van der Waals surface area contributed by atoms with Gasteiger partial charge in [0.1, 0.15) is 17.5 Å². The molecular formula is C22H20FN5. The number of benzene rings is 1. The number of pyridine rings is 2. The van der Waals surface area contributed by atoms with E-state index in [9.17, 15) is 4.39 Å². The van der Waals surface area contributed by atoms with Gasteiger partial charge in [0.05, 0.1) is 17.2 Å². The number of halogens is 1. The largest absolute Gasteiger partial charge is 0.357 e. The zero-order valence-electron chi connectivity index (χ0n) is 15.4. The first-order valence-corrected chi connectivity index (χ1v) is 9.59. The van der Waals surface area contributed by atoms with E-state index in [1.54, 1.807) is 24.5 Å². The van der Waals surface area contributed by atoms with Gasteiger partial charge in [0.2, 0.25) is 0 Å². The molecule has 0 spiro atoms. The van der Waals surface area contributed by atoms with E-state index >= 15 is 0 Å². The Morgan fingerprint density at radius 2 is 1.68 bits per heavy atom. The number of nitrogens with zero attached hydrogens (tertiary/aromatic N) is 5. The van der Waals surface area contributed by atoms with Crippen LogP contribution in [0.2, 0.25) is 0 Å². The Morgan fingerprint density at radius 1 is 0.857 bits per heavy atom. The number of rotatable bonds is 3. The van der Waals surface area contributed by atoms with Crippen molar-refractivity contribution in [3.8, 4) is 17.1 Å². The van der Waals surface area contributed by atoms with Gasteiger partial charge in [0.25, 0.3) is 0 Å². The van der Waals surface area contributed by atoms with Crippen molar-refractivity contribution in [2.45, 2.75) is 19.3 Å². The first-order chi connectivity index (χ1) is 13.8. The predicted octanol–water partition coefficient (Wildman–Crippen LogP) is 4.61. The fourth-order valence-electron chi connectivity index (χ4n) is 3.80. The number of fused-ring (bicyclic) bond motifs is 1. The number of anilines is 1. The maximum absolute atomic E-state index is 13.4. The van der Waals surface area contributed by atoms with Crippen molar-refractivity contribution in [3.63, 3.8) is 0 Å². The summed E-state index contributed by atoms with van der Waals surface area (Å²) in [5.74, 6) is 1.52. The Hall–Kier alpha value is -3.28. The molecule has 6 heteroatoms. The third kappa shape index (κ3) is 3.01. The minimum Gasteiger partial charge on any atom is -0.357 e. The molecule has 5 rings (SSSR count). The quantitative estimate of drug-likeness (QED) is 0.526. The van der Waals surface area contributed by atoms with E-state index in [1.807, 2.05) is 16.8 Å². The molecule has 0 saturated carbocycles. The minimum absolute atomic E-state index is 0.264. The summed E-state index contributed by atoms with van der Waals surface area (Å²) in [7, 11) is 0. The second kappa shape index (κ2) is 7.03. The summed E-state index contributed by atoms with van der Waals surface area (Å²) in [5, 5.41) is 0. The van der Waals surface area contributed by atoms with Crippen molar-refractivity contribution >= 4 is 16.9 Å². The monoisotopic (exact) mass is 373 g/mol. The Balaban J connectivity index is 1.60. The highest BCUT2D eigenvalue weighted by Crippen LogP contribution is 2.29. The third-order valence-corrected chi connectivity index (χ3v) is 5.23. The van der Waals surface area contributed by atoms with E-state index < -0.39 is 0 Å². The fourth-order valence-corrected chi connectivity index (χ4v) is 3.80. The van der Waals surface area contributed by atoms with Crippen LogP contribution in [0.4, 0.5) is 10.2 Å². The summed E-state index contributed by atoms with van der Waals surface area (Å²) in [4.78, 5) is 16.1. The molecule has 5 nitrogen and oxygen atoms in total. The predicted molar refractivity (Wildman–Crippen MR) is 108 cm³/mol. The number of hydrogen-bond donors (Lipinski definition) is 0. The van der Waals surface area contributed by atoms with Crippen molar-refractivity contribution in [3.05, 3.63) is 66.9 Å². The molecule has 1 saturated heterocycles. The first-order valence-electron chi connectivity index (χ1n) is 9.59. The van der Waals surface area contributed by atoms with Crippen molar-refractivity contribution in [2.75, 3.05) is 18.0 Å². The number of imidazole rings is 1. The second-order valence-corrected chi connectivity index (χ2v) is 7.06. The first kappa shape index (κ1) is 16.9. The van der Waals surface area contributed by atoms with E-state index in [-0.39, 0.29) is 5.82 Å². The molecule has 1 fully saturated rings. The highest BCUT2D eigenvalue weighted by molar-refractivity contribution is 5.82. The Morgan fingerprint density at radius 3 is 2.43 bits per heavy atom. The number of piperidine rings is 1. The molecule has 0 atom stereocenters. The van der Waals surface area contributed by atoms with Crippen LogP contribution in [0, 0.1) is 5.82 Å². The molecule has 0 bridgehead atoms. The van der Waals surface area contributed by atoms with Crippen LogP contribution in [0.5, 0.6) is 0 Å². The SMILES string of the molecule is Fc1ccc(-n2c(-c3ccc(N4CCCCC4)nc3)nc3ccncc32)cc1. The molecule has 0 radical (unpaired) electrons. The van der Waals surface area contributed by atoms with Crippen LogP contribution in [-0.4, -0.2) is 32.6 Å². The third-order valence-electron chi connectivity index (χ3n) is 5.23. The van der Waals surface area contributed by atoms with Crippen molar-refractivity contribution in [1.29, 1.82) is 0 Å². The molecule has 4 heterocycles. The van der Waals surface area contributed by atoms with E-state index in [0.717, 1.165) is 47.0 Å². The lowest BCUT2D eigenvalue weighted by Gasteiger charge is -2.27. The lowest BCUT2D eigenvalue weighted by Crippen LogP contribution is -2.29. The summed E-state index contributed by atoms with van der Waals surface area (Å²) in [5.41, 5.74) is 3.48. The highest BCUT2D eigenvalue weighted by Gasteiger charge is 2.16. The molecule has 1 aliphatic heterocycles. The van der Waals surface area contributed by atoms with Gasteiger partial charge in [-0.2, -0.15) is 0 Å². The second-order valence-electron chi connectivity index (χ2n) is 7.06. The van der Waals surface area contributed by atoms with Gasteiger partial charge in [-0.3, -0.25) is 9.55 Å². The molecular weight excluding hydrogens is 353 g/mol. The topological polar surface area (TPSA) is 46.8 Å². The molecule has 0 aliphatic carbocycles. The van der Waals surface area contributed by atoms with Crippen LogP contribution >= 0.6 is 0 Å². The molecule has 140 valence electrons. The normalized spacial score (nSPS) is 14.5. The lowest BCUT2D eigenvalue weighted by atomic mass is 10.1. The fraction of sp³-hybridized carbons (Fsp3) is 0.227. The van der Waals surface area contributed by atoms with Gasteiger partial charge in [-0.15, -0.1) is 0 Å². The van der Waals surface area contributed by atoms with Crippen molar-refractivity contribution < 1.29 is 4.39 Å². The van der Waals surface area contributed by atoms with E-state index in [0.29, 0.717) is 0 Å². The molecule has 0 unspecified atom stereocenters. The summed E-state index contributed by atoms with van der Waals surface area (Å²) in [6, 6.07) is 12.4. The molecule has 3 aromatic heterocycles. The van der Waals surface area contributed by atoms with Gasteiger partial charge < -0.3 is 4.90 Å². The zero-order chi connectivity index (χ0) is 18.9. The number of hydrogen-bond acceptors (Lipinski definition) is 4. The average molecular weight is 373 g/mol. The summed E-state index contributed by atoms with van der Waals surface area (Å²) >= 11 is 0. The Kier molecular flexibility index (Phi) is 4.24. The minimum atomic E-state index is -0.264. The average Bonchev–Trinajstić information content (AvgIpc) is 3.15. The van der Waals surface area contributed by atoms with Gasteiger partial charge in [0.15, 0.2) is 0 Å². The molecule has 4 aromatic rings. The summed E-state index contributed by atoms with van der Waals surface area (Å²) in [6.07, 6.45) is 9.12. The van der Waals surface area contributed by atoms with Crippen LogP contribution < -0.4 is 4.90 Å². The van der Waals surface area contributed by atoms with Gasteiger partial charge in [0, 0.05) is 36.7 Å². The Labute approximate surface area is 162 Å². The lowest BCUT2D eigenvalue weighted by molar-refractivity contribution is 0.573. The van der Waals surface area contributed by atoms with Crippen LogP contribution in [0.15, 0.2) is 61.1 Å². The van der Waals surface area contributed by atoms with Gasteiger partial charge in [-0.25, -0.2) is 14.4 Å². The molecule has 1 aliphatic rings. The molecule has 0 N–H and O–H groups in total. The van der Waals surface area contributed by atoms with E-state index in [2.05, 4.69) is 22.0 Å². The molecule has 0 amide bonds. The number of aromatic nitrogens is 4. The maximum Gasteiger partial charge on any atom is 0.147 e. The van der Waals surface area contributed by atoms with Crippen LogP contribution in [0.25, 0.3) is 28.1 Å². The van der Waals surface area contributed by atoms with E-state index in [4.69, 9.17) is 9.97 Å². The van der Waals surface area contributed by atoms with Crippen molar-refractivity contribution in [2.24, 2.45) is 0 Å². The van der Waals surface area contributed by atoms with Crippen LogP contribution in [0.3, 0.4) is 0 Å². The molecule has 28 heavy (non-hydrogen) atoms. The zero-order valence-corrected chi connectivity index (χ0v) is 15.4. The smallest absolute Gasteiger partial charge is 0.147 e.